The third kappa shape index (κ3) is 2.52. The van der Waals surface area contributed by atoms with Gasteiger partial charge < -0.3 is 14.6 Å². The number of carbonyl (C=O) groups is 1. The smallest absolute Gasteiger partial charge is 0.329 e. The van der Waals surface area contributed by atoms with Gasteiger partial charge in [0, 0.05) is 0 Å². The number of ether oxygens (including phenoxy) is 2. The van der Waals surface area contributed by atoms with Crippen LogP contribution < -0.4 is 0 Å². The summed E-state index contributed by atoms with van der Waals surface area (Å²) in [5.74, 6) is 2.40. The Morgan fingerprint density at radius 3 is 2.21 bits per heavy atom. The fourth-order valence-electron chi connectivity index (χ4n) is 4.84. The van der Waals surface area contributed by atoms with Crippen molar-refractivity contribution in [1.29, 1.82) is 0 Å². The lowest BCUT2D eigenvalue weighted by Crippen LogP contribution is -2.57. The first-order valence-electron chi connectivity index (χ1n) is 7.51. The van der Waals surface area contributed by atoms with Crippen LogP contribution in [0.2, 0.25) is 0 Å². The Balaban J connectivity index is 1.51. The molecular weight excluding hydrogens is 244 g/mol. The lowest BCUT2D eigenvalue weighted by molar-refractivity contribution is -0.199. The summed E-state index contributed by atoms with van der Waals surface area (Å²) >= 11 is 0. The molecule has 0 spiro atoms. The minimum Gasteiger partial charge on any atom is -0.480 e. The minimum atomic E-state index is -0.916. The van der Waals surface area contributed by atoms with Crippen molar-refractivity contribution < 1.29 is 19.4 Å². The number of hydrogen-bond donors (Lipinski definition) is 1. The molecule has 0 atom stereocenters. The normalized spacial score (nSPS) is 43.6. The molecule has 0 saturated heterocycles. The van der Waals surface area contributed by atoms with E-state index in [1.165, 1.54) is 32.1 Å². The second-order valence-corrected chi connectivity index (χ2v) is 6.78. The molecule has 0 aromatic carbocycles. The molecule has 0 aliphatic heterocycles. The van der Waals surface area contributed by atoms with Crippen LogP contribution in [0.4, 0.5) is 0 Å². The van der Waals surface area contributed by atoms with Crippen LogP contribution in [0.25, 0.3) is 0 Å². The van der Waals surface area contributed by atoms with E-state index in [-0.39, 0.29) is 12.2 Å². The third-order valence-electron chi connectivity index (χ3n) is 5.63. The van der Waals surface area contributed by atoms with Gasteiger partial charge in [0.15, 0.2) is 0 Å². The van der Waals surface area contributed by atoms with Gasteiger partial charge in [0.2, 0.25) is 0 Å². The summed E-state index contributed by atoms with van der Waals surface area (Å²) in [5.41, 5.74) is 0.0139. The molecule has 4 aliphatic rings. The lowest BCUT2D eigenvalue weighted by Gasteiger charge is -2.59. The van der Waals surface area contributed by atoms with E-state index in [2.05, 4.69) is 6.92 Å². The van der Waals surface area contributed by atoms with Gasteiger partial charge in [-0.25, -0.2) is 4.79 Å². The Hall–Kier alpha value is -0.610. The van der Waals surface area contributed by atoms with Crippen LogP contribution in [0, 0.1) is 23.7 Å². The van der Waals surface area contributed by atoms with Crippen molar-refractivity contribution in [3.05, 3.63) is 0 Å². The Kier molecular flexibility index (Phi) is 3.56. The van der Waals surface area contributed by atoms with Crippen LogP contribution in [-0.2, 0) is 14.3 Å². The quantitative estimate of drug-likeness (QED) is 0.751. The van der Waals surface area contributed by atoms with Crippen molar-refractivity contribution in [2.45, 2.75) is 44.6 Å². The van der Waals surface area contributed by atoms with Crippen LogP contribution in [0.1, 0.15) is 39.0 Å². The minimum absolute atomic E-state index is 0.0139. The highest BCUT2D eigenvalue weighted by Gasteiger charge is 2.55. The van der Waals surface area contributed by atoms with Gasteiger partial charge in [0.1, 0.15) is 6.61 Å². The van der Waals surface area contributed by atoms with Crippen LogP contribution in [0.5, 0.6) is 0 Å². The molecule has 4 saturated carbocycles. The van der Waals surface area contributed by atoms with Crippen molar-refractivity contribution in [2.24, 2.45) is 23.7 Å². The SMILES string of the molecule is CC1(OCCOCC(=O)O)C2CC3CC(C2)CC1C3. The number of carboxylic acids is 1. The Morgan fingerprint density at radius 1 is 1.11 bits per heavy atom. The summed E-state index contributed by atoms with van der Waals surface area (Å²) < 4.78 is 11.2. The highest BCUT2D eigenvalue weighted by molar-refractivity contribution is 5.67. The summed E-state index contributed by atoms with van der Waals surface area (Å²) in [6.45, 7) is 2.95. The second-order valence-electron chi connectivity index (χ2n) is 6.78. The highest BCUT2D eigenvalue weighted by atomic mass is 16.5. The van der Waals surface area contributed by atoms with Crippen LogP contribution in [0.3, 0.4) is 0 Å². The van der Waals surface area contributed by atoms with Gasteiger partial charge in [0.25, 0.3) is 0 Å². The maximum Gasteiger partial charge on any atom is 0.329 e. The van der Waals surface area contributed by atoms with E-state index in [0.717, 1.165) is 11.8 Å². The first kappa shape index (κ1) is 13.4. The summed E-state index contributed by atoms with van der Waals surface area (Å²) in [7, 11) is 0. The molecule has 0 aromatic rings. The molecule has 4 heteroatoms. The zero-order chi connectivity index (χ0) is 13.5. The lowest BCUT2D eigenvalue weighted by atomic mass is 9.50. The van der Waals surface area contributed by atoms with E-state index in [1.54, 1.807) is 0 Å². The number of aliphatic carboxylic acids is 1. The topological polar surface area (TPSA) is 55.8 Å². The van der Waals surface area contributed by atoms with E-state index in [4.69, 9.17) is 14.6 Å². The molecule has 0 aromatic heterocycles. The molecule has 0 radical (unpaired) electrons. The molecular formula is C15H24O4. The molecule has 1 N–H and O–H groups in total. The first-order chi connectivity index (χ1) is 9.08. The average Bonchev–Trinajstić information content (AvgIpc) is 2.34. The predicted octanol–water partition coefficient (Wildman–Crippen LogP) is 2.32. The molecule has 19 heavy (non-hydrogen) atoms. The Labute approximate surface area is 114 Å². The van der Waals surface area contributed by atoms with Crippen molar-refractivity contribution in [1.82, 2.24) is 0 Å². The molecule has 4 fully saturated rings. The van der Waals surface area contributed by atoms with Crippen molar-refractivity contribution in [2.75, 3.05) is 19.8 Å². The van der Waals surface area contributed by atoms with E-state index in [0.29, 0.717) is 25.0 Å². The molecule has 0 unspecified atom stereocenters. The van der Waals surface area contributed by atoms with Gasteiger partial charge in [-0.2, -0.15) is 0 Å². The van der Waals surface area contributed by atoms with Crippen molar-refractivity contribution >= 4 is 5.97 Å². The zero-order valence-electron chi connectivity index (χ0n) is 11.6. The van der Waals surface area contributed by atoms with Gasteiger partial charge in [0.05, 0.1) is 18.8 Å². The molecule has 108 valence electrons. The molecule has 4 rings (SSSR count). The Morgan fingerprint density at radius 2 is 1.68 bits per heavy atom. The standard InChI is InChI=1S/C15H24O4/c1-15(19-3-2-18-9-14(16)17)12-5-10-4-11(7-12)8-13(15)6-10/h10-13H,2-9H2,1H3,(H,16,17). The second kappa shape index (κ2) is 5.06. The maximum absolute atomic E-state index is 10.4. The third-order valence-corrected chi connectivity index (χ3v) is 5.63. The number of hydrogen-bond acceptors (Lipinski definition) is 3. The van der Waals surface area contributed by atoms with Gasteiger partial charge in [-0.1, -0.05) is 0 Å². The zero-order valence-corrected chi connectivity index (χ0v) is 11.6. The fraction of sp³-hybridized carbons (Fsp3) is 0.933. The van der Waals surface area contributed by atoms with Crippen LogP contribution in [-0.4, -0.2) is 36.5 Å². The largest absolute Gasteiger partial charge is 0.480 e. The monoisotopic (exact) mass is 268 g/mol. The van der Waals surface area contributed by atoms with E-state index >= 15 is 0 Å². The Bertz CT molecular complexity index is 324. The highest BCUT2D eigenvalue weighted by Crippen LogP contribution is 2.59. The fourth-order valence-corrected chi connectivity index (χ4v) is 4.84. The molecule has 0 amide bonds. The number of rotatable bonds is 6. The molecule has 4 bridgehead atoms. The molecule has 4 nitrogen and oxygen atoms in total. The summed E-state index contributed by atoms with van der Waals surface area (Å²) in [6.07, 6.45) is 6.78. The van der Waals surface area contributed by atoms with Gasteiger partial charge >= 0.3 is 5.97 Å². The van der Waals surface area contributed by atoms with Gasteiger partial charge in [-0.15, -0.1) is 0 Å². The molecule has 0 heterocycles. The van der Waals surface area contributed by atoms with Gasteiger partial charge in [-0.05, 0) is 62.7 Å². The van der Waals surface area contributed by atoms with Gasteiger partial charge in [-0.3, -0.25) is 0 Å². The van der Waals surface area contributed by atoms with Crippen LogP contribution in [0.15, 0.2) is 0 Å². The molecule has 4 aliphatic carbocycles. The summed E-state index contributed by atoms with van der Waals surface area (Å²) in [5, 5.41) is 8.51. The van der Waals surface area contributed by atoms with Crippen molar-refractivity contribution in [3.63, 3.8) is 0 Å². The summed E-state index contributed by atoms with van der Waals surface area (Å²) in [4.78, 5) is 10.4. The summed E-state index contributed by atoms with van der Waals surface area (Å²) in [6, 6.07) is 0. The first-order valence-corrected chi connectivity index (χ1v) is 7.51. The number of carboxylic acid groups (broad SMARTS) is 1. The predicted molar refractivity (Wildman–Crippen MR) is 69.9 cm³/mol. The van der Waals surface area contributed by atoms with E-state index < -0.39 is 5.97 Å². The average molecular weight is 268 g/mol. The van der Waals surface area contributed by atoms with E-state index in [9.17, 15) is 4.79 Å². The van der Waals surface area contributed by atoms with Crippen molar-refractivity contribution in [3.8, 4) is 0 Å². The van der Waals surface area contributed by atoms with Crippen LogP contribution >= 0.6 is 0 Å². The maximum atomic E-state index is 10.4. The van der Waals surface area contributed by atoms with E-state index in [1.807, 2.05) is 0 Å².